The van der Waals surface area contributed by atoms with E-state index in [1.165, 1.54) is 28.7 Å². The normalized spacial score (nSPS) is 18.3. The zero-order valence-corrected chi connectivity index (χ0v) is 19.5. The van der Waals surface area contributed by atoms with Gasteiger partial charge in [-0.25, -0.2) is 9.37 Å². The fourth-order valence-corrected chi connectivity index (χ4v) is 5.92. The molecule has 0 saturated carbocycles. The number of aromatic nitrogens is 4. The molecule has 2 bridgehead atoms. The van der Waals surface area contributed by atoms with E-state index >= 15 is 0 Å². The fraction of sp³-hybridized carbons (Fsp3) is 0.214. The summed E-state index contributed by atoms with van der Waals surface area (Å²) in [6.45, 7) is 2.82. The third-order valence-electron chi connectivity index (χ3n) is 7.40. The highest BCUT2D eigenvalue weighted by Gasteiger charge is 2.35. The summed E-state index contributed by atoms with van der Waals surface area (Å²) < 4.78 is 25.1. The van der Waals surface area contributed by atoms with Crippen LogP contribution in [0.5, 0.6) is 5.75 Å². The lowest BCUT2D eigenvalue weighted by Crippen LogP contribution is -2.10. The largest absolute Gasteiger partial charge is 0.482 e. The Kier molecular flexibility index (Phi) is 4.16. The van der Waals surface area contributed by atoms with E-state index in [9.17, 15) is 4.39 Å². The Morgan fingerprint density at radius 3 is 2.86 bits per heavy atom. The average molecular weight is 466 g/mol. The maximum Gasteiger partial charge on any atom is 0.166 e. The highest BCUT2D eigenvalue weighted by molar-refractivity contribution is 5.99. The van der Waals surface area contributed by atoms with Gasteiger partial charge in [0.2, 0.25) is 0 Å². The van der Waals surface area contributed by atoms with Crippen LogP contribution in [0.15, 0.2) is 60.9 Å². The molecule has 174 valence electrons. The summed E-state index contributed by atoms with van der Waals surface area (Å²) in [6, 6.07) is 15.3. The number of fused-ring (bicyclic) bond motifs is 10. The minimum absolute atomic E-state index is 0.135. The Balaban J connectivity index is 1.61. The number of pyridine rings is 1. The van der Waals surface area contributed by atoms with Crippen LogP contribution in [0.1, 0.15) is 42.2 Å². The molecule has 5 heterocycles. The first-order chi connectivity index (χ1) is 17.0. The molecule has 2 aliphatic heterocycles. The number of anilines is 1. The summed E-state index contributed by atoms with van der Waals surface area (Å²) >= 11 is 0. The van der Waals surface area contributed by atoms with Gasteiger partial charge in [0, 0.05) is 76.3 Å². The third-order valence-corrected chi connectivity index (χ3v) is 7.40. The molecule has 6 nitrogen and oxygen atoms in total. The second-order valence-electron chi connectivity index (χ2n) is 9.48. The van der Waals surface area contributed by atoms with E-state index in [2.05, 4.69) is 40.0 Å². The van der Waals surface area contributed by atoms with Crippen LogP contribution in [-0.2, 0) is 13.6 Å². The van der Waals surface area contributed by atoms with Crippen molar-refractivity contribution in [3.63, 3.8) is 0 Å². The summed E-state index contributed by atoms with van der Waals surface area (Å²) in [7, 11) is 1.94. The minimum Gasteiger partial charge on any atom is -0.482 e. The van der Waals surface area contributed by atoms with Gasteiger partial charge in [-0.05, 0) is 43.7 Å². The van der Waals surface area contributed by atoms with Crippen molar-refractivity contribution in [2.75, 3.05) is 5.73 Å². The van der Waals surface area contributed by atoms with Crippen LogP contribution < -0.4 is 10.5 Å². The van der Waals surface area contributed by atoms with Gasteiger partial charge in [0.1, 0.15) is 11.9 Å². The Labute approximate surface area is 201 Å². The van der Waals surface area contributed by atoms with Crippen LogP contribution in [0.4, 0.5) is 10.2 Å². The zero-order valence-electron chi connectivity index (χ0n) is 19.5. The molecule has 0 amide bonds. The predicted octanol–water partition coefficient (Wildman–Crippen LogP) is 5.81. The lowest BCUT2D eigenvalue weighted by molar-refractivity contribution is 0.227. The zero-order chi connectivity index (χ0) is 23.8. The average Bonchev–Trinajstić information content (AvgIpc) is 3.52. The lowest BCUT2D eigenvalue weighted by atomic mass is 9.87. The van der Waals surface area contributed by atoms with Gasteiger partial charge in [-0.15, -0.1) is 0 Å². The molecule has 7 rings (SSSR count). The van der Waals surface area contributed by atoms with Crippen LogP contribution in [0.3, 0.4) is 0 Å². The highest BCUT2D eigenvalue weighted by atomic mass is 19.1. The van der Waals surface area contributed by atoms with Gasteiger partial charge >= 0.3 is 0 Å². The summed E-state index contributed by atoms with van der Waals surface area (Å²) in [5.41, 5.74) is 14.4. The number of hydrogen-bond donors (Lipinski definition) is 1. The van der Waals surface area contributed by atoms with Crippen molar-refractivity contribution in [3.8, 4) is 28.1 Å². The SMILES string of the molecule is C[C@H]1Oc2cc(cnc2N)-c2c3n(c4ccccc24)CC[C@@H]3c2cn(C)nc2-c2ccc(F)cc21. The molecular weight excluding hydrogens is 441 g/mol. The van der Waals surface area contributed by atoms with Crippen LogP contribution >= 0.6 is 0 Å². The van der Waals surface area contributed by atoms with Crippen LogP contribution in [0, 0.1) is 5.82 Å². The van der Waals surface area contributed by atoms with Gasteiger partial charge in [0.25, 0.3) is 0 Å². The van der Waals surface area contributed by atoms with Crippen molar-refractivity contribution in [3.05, 3.63) is 83.6 Å². The maximum absolute atomic E-state index is 14.4. The highest BCUT2D eigenvalue weighted by Crippen LogP contribution is 2.49. The molecule has 5 aromatic rings. The van der Waals surface area contributed by atoms with E-state index in [1.807, 2.05) is 37.0 Å². The van der Waals surface area contributed by atoms with Crippen molar-refractivity contribution in [1.82, 2.24) is 19.3 Å². The van der Waals surface area contributed by atoms with Crippen molar-refractivity contribution in [1.29, 1.82) is 0 Å². The van der Waals surface area contributed by atoms with Crippen molar-refractivity contribution in [2.45, 2.75) is 31.9 Å². The van der Waals surface area contributed by atoms with E-state index in [-0.39, 0.29) is 11.7 Å². The molecule has 3 aromatic heterocycles. The number of nitrogen functional groups attached to an aromatic ring is 1. The standard InChI is InChI=1S/C28H24FN5O/c1-15-21-12-17(29)7-8-18(21)26-22(14-33(2)32-26)19-9-10-34-23-6-4-3-5-20(23)25(27(19)34)16-11-24(35-15)28(30)31-13-16/h3-8,11-15,19H,9-10H2,1-2H3,(H2,30,31)/t15-,19-/m1/s1. The molecule has 0 aliphatic carbocycles. The van der Waals surface area contributed by atoms with E-state index in [0.29, 0.717) is 11.6 Å². The fourth-order valence-electron chi connectivity index (χ4n) is 5.92. The minimum atomic E-state index is -0.460. The van der Waals surface area contributed by atoms with Gasteiger partial charge in [-0.3, -0.25) is 4.68 Å². The maximum atomic E-state index is 14.4. The quantitative estimate of drug-likeness (QED) is 0.313. The number of ether oxygens (including phenoxy) is 1. The van der Waals surface area contributed by atoms with E-state index < -0.39 is 6.10 Å². The summed E-state index contributed by atoms with van der Waals surface area (Å²) in [6.07, 6.45) is 4.44. The number of hydrogen-bond acceptors (Lipinski definition) is 4. The topological polar surface area (TPSA) is 70.9 Å². The molecular formula is C28H24FN5O. The third kappa shape index (κ3) is 2.87. The Morgan fingerprint density at radius 1 is 1.11 bits per heavy atom. The summed E-state index contributed by atoms with van der Waals surface area (Å²) in [4.78, 5) is 4.50. The Bertz CT molecular complexity index is 1650. The van der Waals surface area contributed by atoms with E-state index in [1.54, 1.807) is 0 Å². The predicted molar refractivity (Wildman–Crippen MR) is 134 cm³/mol. The van der Waals surface area contributed by atoms with Gasteiger partial charge in [-0.2, -0.15) is 5.10 Å². The number of aryl methyl sites for hydroxylation is 2. The summed E-state index contributed by atoms with van der Waals surface area (Å²) in [5.74, 6) is 0.624. The first-order valence-corrected chi connectivity index (χ1v) is 11.9. The second kappa shape index (κ2) is 7.18. The molecule has 0 radical (unpaired) electrons. The molecule has 0 fully saturated rings. The molecule has 35 heavy (non-hydrogen) atoms. The monoisotopic (exact) mass is 465 g/mol. The van der Waals surface area contributed by atoms with E-state index in [4.69, 9.17) is 15.6 Å². The number of nitrogens with two attached hydrogens (primary N) is 1. The second-order valence-corrected chi connectivity index (χ2v) is 9.48. The number of nitrogens with zero attached hydrogens (tertiary/aromatic N) is 4. The molecule has 7 heteroatoms. The van der Waals surface area contributed by atoms with Gasteiger partial charge in [-0.1, -0.05) is 18.2 Å². The number of para-hydroxylation sites is 1. The number of rotatable bonds is 0. The first-order valence-electron chi connectivity index (χ1n) is 11.9. The van der Waals surface area contributed by atoms with Crippen molar-refractivity contribution >= 4 is 16.7 Å². The first kappa shape index (κ1) is 20.3. The van der Waals surface area contributed by atoms with Gasteiger partial charge in [0.15, 0.2) is 11.6 Å². The Morgan fingerprint density at radius 2 is 1.97 bits per heavy atom. The van der Waals surface area contributed by atoms with Crippen molar-refractivity contribution < 1.29 is 9.13 Å². The van der Waals surface area contributed by atoms with Crippen LogP contribution in [0.25, 0.3) is 33.3 Å². The summed E-state index contributed by atoms with van der Waals surface area (Å²) in [5, 5.41) is 6.05. The molecule has 0 spiro atoms. The molecule has 2 aliphatic rings. The van der Waals surface area contributed by atoms with Crippen LogP contribution in [-0.4, -0.2) is 19.3 Å². The molecule has 2 aromatic carbocycles. The lowest BCUT2D eigenvalue weighted by Gasteiger charge is -2.22. The van der Waals surface area contributed by atoms with E-state index in [0.717, 1.165) is 46.5 Å². The van der Waals surface area contributed by atoms with Crippen molar-refractivity contribution in [2.24, 2.45) is 7.05 Å². The molecule has 2 atom stereocenters. The van der Waals surface area contributed by atoms with Crippen LogP contribution in [0.2, 0.25) is 0 Å². The molecule has 0 unspecified atom stereocenters. The molecule has 0 saturated heterocycles. The number of halogens is 1. The van der Waals surface area contributed by atoms with Gasteiger partial charge in [0.05, 0.1) is 5.69 Å². The smallest absolute Gasteiger partial charge is 0.166 e. The number of benzene rings is 2. The Hall–Kier alpha value is -4.13. The van der Waals surface area contributed by atoms with Gasteiger partial charge < -0.3 is 15.0 Å². The molecule has 2 N–H and O–H groups in total.